The predicted octanol–water partition coefficient (Wildman–Crippen LogP) is 0.752. The van der Waals surface area contributed by atoms with E-state index in [4.69, 9.17) is 0 Å². The number of carbonyl (C=O) groups is 1. The molecular formula is C13H23ClN2O3S. The number of nitrogens with one attached hydrogen (secondary N) is 1. The van der Waals surface area contributed by atoms with Gasteiger partial charge in [-0.15, -0.1) is 19.0 Å². The monoisotopic (exact) mass is 322 g/mol. The third-order valence-corrected chi connectivity index (χ3v) is 5.63. The van der Waals surface area contributed by atoms with E-state index in [1.165, 1.54) is 0 Å². The summed E-state index contributed by atoms with van der Waals surface area (Å²) in [5.41, 5.74) is 0. The Bertz CT molecular complexity index is 447. The molecule has 2 saturated heterocycles. The van der Waals surface area contributed by atoms with E-state index in [1.54, 1.807) is 11.0 Å². The molecule has 0 radical (unpaired) electrons. The second kappa shape index (κ2) is 7.43. The summed E-state index contributed by atoms with van der Waals surface area (Å²) in [6.07, 6.45) is 4.82. The zero-order valence-electron chi connectivity index (χ0n) is 11.6. The topological polar surface area (TPSA) is 66.5 Å². The minimum atomic E-state index is -2.96. The summed E-state index contributed by atoms with van der Waals surface area (Å²) in [7, 11) is -2.96. The summed E-state index contributed by atoms with van der Waals surface area (Å²) >= 11 is 0. The maximum absolute atomic E-state index is 12.3. The van der Waals surface area contributed by atoms with Crippen molar-refractivity contribution in [3.63, 3.8) is 0 Å². The van der Waals surface area contributed by atoms with Crippen molar-refractivity contribution in [3.8, 4) is 0 Å². The summed E-state index contributed by atoms with van der Waals surface area (Å²) in [6, 6.07) is 0.0785. The zero-order chi connectivity index (χ0) is 13.9. The standard InChI is InChI=1S/C13H22N2O3S.ClH/c1-2-7-15(12-5-8-19(17,18)10-12)13(16)9-11-4-3-6-14-11;/h2,11-12,14H,1,3-10H2;1H. The number of nitrogens with zero attached hydrogens (tertiary/aromatic N) is 1. The van der Waals surface area contributed by atoms with Gasteiger partial charge in [0.05, 0.1) is 11.5 Å². The fourth-order valence-corrected chi connectivity index (χ4v) is 4.60. The molecule has 7 heteroatoms. The molecule has 2 aliphatic heterocycles. The van der Waals surface area contributed by atoms with Crippen molar-refractivity contribution >= 4 is 28.2 Å². The fourth-order valence-electron chi connectivity index (χ4n) is 2.87. The number of carbonyl (C=O) groups excluding carboxylic acids is 1. The third kappa shape index (κ3) is 4.46. The summed E-state index contributed by atoms with van der Waals surface area (Å²) in [5.74, 6) is 0.340. The Hall–Kier alpha value is -0.590. The van der Waals surface area contributed by atoms with Gasteiger partial charge >= 0.3 is 0 Å². The molecule has 0 aromatic heterocycles. The molecule has 2 heterocycles. The van der Waals surface area contributed by atoms with E-state index in [0.717, 1.165) is 19.4 Å². The maximum atomic E-state index is 12.3. The van der Waals surface area contributed by atoms with E-state index in [9.17, 15) is 13.2 Å². The number of sulfone groups is 1. The fraction of sp³-hybridized carbons (Fsp3) is 0.769. The van der Waals surface area contributed by atoms with Crippen molar-refractivity contribution in [2.24, 2.45) is 0 Å². The third-order valence-electron chi connectivity index (χ3n) is 3.88. The number of rotatable bonds is 5. The van der Waals surface area contributed by atoms with E-state index in [0.29, 0.717) is 19.4 Å². The highest BCUT2D eigenvalue weighted by molar-refractivity contribution is 7.91. The van der Waals surface area contributed by atoms with Gasteiger partial charge < -0.3 is 10.2 Å². The summed E-state index contributed by atoms with van der Waals surface area (Å²) in [4.78, 5) is 14.0. The highest BCUT2D eigenvalue weighted by Crippen LogP contribution is 2.20. The van der Waals surface area contributed by atoms with Gasteiger partial charge in [-0.3, -0.25) is 4.79 Å². The van der Waals surface area contributed by atoms with Gasteiger partial charge in [0.2, 0.25) is 5.91 Å². The van der Waals surface area contributed by atoms with Gasteiger partial charge in [-0.05, 0) is 25.8 Å². The van der Waals surface area contributed by atoms with Gasteiger partial charge in [0.15, 0.2) is 9.84 Å². The van der Waals surface area contributed by atoms with E-state index < -0.39 is 9.84 Å². The summed E-state index contributed by atoms with van der Waals surface area (Å²) < 4.78 is 23.1. The van der Waals surface area contributed by atoms with E-state index in [-0.39, 0.29) is 41.9 Å². The molecule has 1 amide bonds. The number of halogens is 1. The second-order valence-electron chi connectivity index (χ2n) is 5.39. The van der Waals surface area contributed by atoms with Gasteiger partial charge in [0, 0.05) is 25.0 Å². The lowest BCUT2D eigenvalue weighted by Crippen LogP contribution is -2.43. The minimum absolute atomic E-state index is 0. The van der Waals surface area contributed by atoms with Crippen LogP contribution in [0, 0.1) is 0 Å². The second-order valence-corrected chi connectivity index (χ2v) is 7.62. The van der Waals surface area contributed by atoms with Crippen molar-refractivity contribution in [1.29, 1.82) is 0 Å². The molecule has 0 bridgehead atoms. The van der Waals surface area contributed by atoms with Crippen molar-refractivity contribution in [3.05, 3.63) is 12.7 Å². The van der Waals surface area contributed by atoms with Crippen LogP contribution in [0.1, 0.15) is 25.7 Å². The molecule has 0 saturated carbocycles. The first-order valence-electron chi connectivity index (χ1n) is 6.86. The average Bonchev–Trinajstić information content (AvgIpc) is 2.95. The molecule has 0 spiro atoms. The van der Waals surface area contributed by atoms with Crippen molar-refractivity contribution in [1.82, 2.24) is 10.2 Å². The van der Waals surface area contributed by atoms with Crippen LogP contribution in [-0.2, 0) is 14.6 Å². The van der Waals surface area contributed by atoms with Gasteiger partial charge in [-0.2, -0.15) is 0 Å². The molecule has 0 aromatic rings. The number of hydrogen-bond acceptors (Lipinski definition) is 4. The molecular weight excluding hydrogens is 300 g/mol. The molecule has 0 aliphatic carbocycles. The Morgan fingerprint density at radius 1 is 1.40 bits per heavy atom. The molecule has 1 N–H and O–H groups in total. The number of amides is 1. The Kier molecular flexibility index (Phi) is 6.48. The van der Waals surface area contributed by atoms with E-state index in [2.05, 4.69) is 11.9 Å². The Balaban J connectivity index is 0.00000200. The lowest BCUT2D eigenvalue weighted by Gasteiger charge is -2.28. The van der Waals surface area contributed by atoms with Gasteiger partial charge in [-0.1, -0.05) is 6.08 Å². The summed E-state index contributed by atoms with van der Waals surface area (Å²) in [6.45, 7) is 5.07. The molecule has 5 nitrogen and oxygen atoms in total. The van der Waals surface area contributed by atoms with Crippen LogP contribution in [0.15, 0.2) is 12.7 Å². The molecule has 2 atom stereocenters. The van der Waals surface area contributed by atoms with Crippen molar-refractivity contribution < 1.29 is 13.2 Å². The van der Waals surface area contributed by atoms with Crippen LogP contribution in [0.2, 0.25) is 0 Å². The van der Waals surface area contributed by atoms with Crippen LogP contribution in [-0.4, -0.2) is 55.9 Å². The zero-order valence-corrected chi connectivity index (χ0v) is 13.2. The maximum Gasteiger partial charge on any atom is 0.224 e. The van der Waals surface area contributed by atoms with Crippen LogP contribution in [0.4, 0.5) is 0 Å². The van der Waals surface area contributed by atoms with Gasteiger partial charge in [0.25, 0.3) is 0 Å². The minimum Gasteiger partial charge on any atom is -0.335 e. The van der Waals surface area contributed by atoms with Crippen molar-refractivity contribution in [2.45, 2.75) is 37.8 Å². The van der Waals surface area contributed by atoms with Crippen LogP contribution in [0.25, 0.3) is 0 Å². The predicted molar refractivity (Wildman–Crippen MR) is 81.9 cm³/mol. The van der Waals surface area contributed by atoms with Gasteiger partial charge in [-0.25, -0.2) is 8.42 Å². The highest BCUT2D eigenvalue weighted by Gasteiger charge is 2.34. The Morgan fingerprint density at radius 3 is 2.65 bits per heavy atom. The molecule has 2 unspecified atom stereocenters. The van der Waals surface area contributed by atoms with Crippen molar-refractivity contribution in [2.75, 3.05) is 24.6 Å². The van der Waals surface area contributed by atoms with Crippen LogP contribution >= 0.6 is 12.4 Å². The number of hydrogen-bond donors (Lipinski definition) is 1. The average molecular weight is 323 g/mol. The lowest BCUT2D eigenvalue weighted by atomic mass is 10.1. The molecule has 2 aliphatic rings. The lowest BCUT2D eigenvalue weighted by molar-refractivity contribution is -0.132. The first kappa shape index (κ1) is 17.5. The summed E-state index contributed by atoms with van der Waals surface area (Å²) in [5, 5.41) is 3.30. The molecule has 0 aromatic carbocycles. The van der Waals surface area contributed by atoms with Crippen LogP contribution in [0.3, 0.4) is 0 Å². The Labute approximate surface area is 127 Å². The van der Waals surface area contributed by atoms with E-state index in [1.807, 2.05) is 0 Å². The smallest absolute Gasteiger partial charge is 0.224 e. The molecule has 20 heavy (non-hydrogen) atoms. The highest BCUT2D eigenvalue weighted by atomic mass is 35.5. The SMILES string of the molecule is C=CCN(C(=O)CC1CCCN1)C1CCS(=O)(=O)C1.Cl. The largest absolute Gasteiger partial charge is 0.335 e. The quantitative estimate of drug-likeness (QED) is 0.759. The van der Waals surface area contributed by atoms with Crippen LogP contribution in [0.5, 0.6) is 0 Å². The molecule has 116 valence electrons. The first-order chi connectivity index (χ1) is 9.02. The first-order valence-corrected chi connectivity index (χ1v) is 8.68. The van der Waals surface area contributed by atoms with E-state index >= 15 is 0 Å². The van der Waals surface area contributed by atoms with Crippen LogP contribution < -0.4 is 5.32 Å². The van der Waals surface area contributed by atoms with Gasteiger partial charge in [0.1, 0.15) is 0 Å². The molecule has 2 fully saturated rings. The normalized spacial score (nSPS) is 27.8. The Morgan fingerprint density at radius 2 is 2.15 bits per heavy atom. The molecule has 2 rings (SSSR count).